The van der Waals surface area contributed by atoms with E-state index in [2.05, 4.69) is 283 Å². The third-order valence-electron chi connectivity index (χ3n) is 20.8. The number of nitrogens with zero attached hydrogens (tertiary/aromatic N) is 5. The number of esters is 1. The predicted octanol–water partition coefficient (Wildman–Crippen LogP) is 32.8. The van der Waals surface area contributed by atoms with E-state index in [1.807, 2.05) is 236 Å². The SMILES string of the molecule is Cc1ccc(/C=C/C(=O)Oc2ccc(C)cc2)cc1.Cc1ccc(C#CC#Cc2ccc(C)cc2)cc1.Cc1ccc(C=Cc2ccc(C)cc2)cc1.Cc1ccc(CCc2ccc(C)cc2)cc1.Cc1ccc(COc2ccc(C)cc2)cc1.Cc1ccc(N=Cc2ccc(C)cc2O)cc1.Cc1ccc(N=Nc2ccc(C)cc2)cc1.Cc1ccc(N=[N+]([O-])c2ccc(C)cc2)cc1. The Labute approximate surface area is 801 Å². The van der Waals surface area contributed by atoms with Gasteiger partial charge >= 0.3 is 5.97 Å². The zero-order valence-electron chi connectivity index (χ0n) is 80.7. The zero-order valence-corrected chi connectivity index (χ0v) is 80.7. The van der Waals surface area contributed by atoms with Gasteiger partial charge in [-0.15, -0.1) is 0 Å². The molecule has 0 aromatic heterocycles. The van der Waals surface area contributed by atoms with E-state index < -0.39 is 0 Å². The van der Waals surface area contributed by atoms with E-state index in [0.717, 1.165) is 80.2 Å². The second-order valence-corrected chi connectivity index (χ2v) is 33.5. The summed E-state index contributed by atoms with van der Waals surface area (Å²) in [4.78, 5) is 16.6. The number of aliphatic imine (C=N–C) groups is 1. The van der Waals surface area contributed by atoms with Crippen LogP contribution in [0.3, 0.4) is 0 Å². The molecule has 678 valence electrons. The molecule has 10 heteroatoms. The van der Waals surface area contributed by atoms with Gasteiger partial charge in [-0.1, -0.05) is 373 Å². The summed E-state index contributed by atoms with van der Waals surface area (Å²) in [5.41, 5.74) is 33.7. The predicted molar refractivity (Wildman–Crippen MR) is 566 cm³/mol. The van der Waals surface area contributed by atoms with Gasteiger partial charge in [-0.25, -0.2) is 4.79 Å². The lowest BCUT2D eigenvalue weighted by Crippen LogP contribution is -2.03. The van der Waals surface area contributed by atoms with Crippen LogP contribution in [0.5, 0.6) is 17.2 Å². The topological polar surface area (TPSA) is 131 Å². The minimum atomic E-state index is -0.371. The first-order chi connectivity index (χ1) is 65.1. The highest BCUT2D eigenvalue weighted by atomic mass is 16.5. The summed E-state index contributed by atoms with van der Waals surface area (Å²) in [7, 11) is 0. The number of benzene rings is 16. The smallest absolute Gasteiger partial charge is 0.336 e. The van der Waals surface area contributed by atoms with E-state index >= 15 is 0 Å². The van der Waals surface area contributed by atoms with Gasteiger partial charge in [0.05, 0.1) is 17.1 Å². The molecule has 0 heterocycles. The van der Waals surface area contributed by atoms with Crippen LogP contribution in [-0.2, 0) is 24.2 Å². The molecule has 0 saturated carbocycles. The second kappa shape index (κ2) is 55.8. The molecule has 0 aliphatic rings. The van der Waals surface area contributed by atoms with Crippen LogP contribution in [0.4, 0.5) is 28.4 Å². The maximum atomic E-state index is 11.8. The maximum Gasteiger partial charge on any atom is 0.336 e. The molecule has 0 unspecified atom stereocenters. The molecule has 135 heavy (non-hydrogen) atoms. The number of hydrogen-bond donors (Lipinski definition) is 1. The van der Waals surface area contributed by atoms with Crippen LogP contribution in [0.2, 0.25) is 0 Å². The molecule has 0 spiro atoms. The maximum absolute atomic E-state index is 11.8. The molecule has 0 saturated heterocycles. The van der Waals surface area contributed by atoms with Gasteiger partial charge in [0.15, 0.2) is 0 Å². The van der Waals surface area contributed by atoms with Crippen LogP contribution in [0.25, 0.3) is 18.2 Å². The van der Waals surface area contributed by atoms with Crippen molar-refractivity contribution in [3.05, 3.63) is 533 Å². The molecule has 0 fully saturated rings. The number of aromatic hydroxyl groups is 1. The molecule has 16 rings (SSSR count). The molecule has 0 bridgehead atoms. The van der Waals surface area contributed by atoms with Crippen LogP contribution in [-0.4, -0.2) is 22.2 Å². The number of azo groups is 2. The molecule has 16 aromatic rings. The minimum Gasteiger partial charge on any atom is -0.594 e. The Bertz CT molecular complexity index is 6130. The van der Waals surface area contributed by atoms with Crippen molar-refractivity contribution >= 4 is 58.8 Å². The number of rotatable bonds is 17. The van der Waals surface area contributed by atoms with Gasteiger partial charge in [-0.2, -0.15) is 10.2 Å². The number of carbonyl (C=O) groups excluding carboxylic acids is 1. The normalized spacial score (nSPS) is 10.5. The van der Waals surface area contributed by atoms with Gasteiger partial charge in [0.2, 0.25) is 5.69 Å². The summed E-state index contributed by atoms with van der Waals surface area (Å²) >= 11 is 0. The lowest BCUT2D eigenvalue weighted by atomic mass is 10.0. The molecule has 1 N–H and O–H groups in total. The molecular formula is C125H123N5O5. The van der Waals surface area contributed by atoms with E-state index in [-0.39, 0.29) is 11.7 Å². The standard InChI is InChI=1S/C18H14.C17H16O2.C16H18.C16H16.C15H15NO.C15H16O.C14H14N2O.C14H14N2/c1-15-7-11-17(12-8-15)5-3-4-6-18-13-9-16(2)10-14-18;1-13-3-7-15(8-4-13)9-12-17(18)19-16-10-5-14(2)6-11-16;2*1-13-3-7-15(8-4-13)11-12-16-9-5-14(2)6-10-16;1-11-4-7-14(8-5-11)16-10-13-6-3-12(2)9-15(13)17;1-12-3-7-14(8-4-12)11-16-15-9-5-13(2)6-10-15;1-11-3-7-13(8-4-11)15-16(17)14-9-5-12(2)6-10-14;1-11-3-7-13(8-4-11)15-16-14-9-5-12(2)6-10-14/h7-14H,1-2H3;3-12H,1-2H3;3-10H,11-12H2,1-2H3;3-12H,1-2H3;3-10,17H,1-2H3;3-10H,11H2,1-2H3;3-10H,1-2H3;3-10H,1-2H3/b;12-9+;;;;;;. The van der Waals surface area contributed by atoms with Crippen molar-refractivity contribution < 1.29 is 24.2 Å². The van der Waals surface area contributed by atoms with Crippen LogP contribution < -0.4 is 9.47 Å². The van der Waals surface area contributed by atoms with Gasteiger partial charge in [-0.3, -0.25) is 4.99 Å². The number of phenolic OH excluding ortho intramolecular Hbond substituents is 1. The average Bonchev–Trinajstić information content (AvgIpc) is 0.870. The van der Waals surface area contributed by atoms with Gasteiger partial charge < -0.3 is 19.8 Å². The van der Waals surface area contributed by atoms with Crippen LogP contribution in [0.1, 0.15) is 139 Å². The molecule has 0 aliphatic heterocycles. The van der Waals surface area contributed by atoms with Crippen molar-refractivity contribution in [1.29, 1.82) is 0 Å². The largest absolute Gasteiger partial charge is 0.594 e. The van der Waals surface area contributed by atoms with Crippen molar-refractivity contribution in [2.24, 2.45) is 20.3 Å². The number of hydrogen-bond acceptors (Lipinski definition) is 9. The Kier molecular flexibility index (Phi) is 42.4. The van der Waals surface area contributed by atoms with Crippen molar-refractivity contribution in [3.63, 3.8) is 0 Å². The number of aryl methyl sites for hydroxylation is 18. The molecule has 16 aromatic carbocycles. The molecule has 0 radical (unpaired) electrons. The van der Waals surface area contributed by atoms with Crippen LogP contribution >= 0.6 is 0 Å². The Morgan fingerprint density at radius 1 is 0.311 bits per heavy atom. The number of ether oxygens (including phenoxy) is 2. The van der Waals surface area contributed by atoms with Crippen molar-refractivity contribution in [3.8, 4) is 40.9 Å². The third kappa shape index (κ3) is 41.2. The van der Waals surface area contributed by atoms with Crippen LogP contribution in [0.15, 0.2) is 409 Å². The van der Waals surface area contributed by atoms with E-state index in [4.69, 9.17) is 9.47 Å². The monoisotopic (exact) mass is 1770 g/mol. The fourth-order valence-corrected chi connectivity index (χ4v) is 12.2. The number of phenols is 1. The molecule has 10 nitrogen and oxygen atoms in total. The number of carbonyl (C=O) groups is 1. The van der Waals surface area contributed by atoms with E-state index in [9.17, 15) is 15.1 Å². The zero-order chi connectivity index (χ0) is 96.5. The van der Waals surface area contributed by atoms with Gasteiger partial charge in [0, 0.05) is 46.2 Å². The molecular weight excluding hydrogens is 1650 g/mol. The Morgan fingerprint density at radius 2 is 0.593 bits per heavy atom. The van der Waals surface area contributed by atoms with Crippen molar-refractivity contribution in [2.45, 2.75) is 130 Å². The average molecular weight is 1780 g/mol. The van der Waals surface area contributed by atoms with E-state index in [1.54, 1.807) is 42.6 Å². The summed E-state index contributed by atoms with van der Waals surface area (Å²) in [6, 6.07) is 127. The van der Waals surface area contributed by atoms with Crippen molar-refractivity contribution in [1.82, 2.24) is 0 Å². The molecule has 0 amide bonds. The quantitative estimate of drug-likeness (QED) is 0.0112. The first-order valence-corrected chi connectivity index (χ1v) is 45.3. The Hall–Kier alpha value is -16.1. The highest BCUT2D eigenvalue weighted by molar-refractivity contribution is 5.89. The van der Waals surface area contributed by atoms with Crippen molar-refractivity contribution in [2.75, 3.05) is 0 Å². The minimum absolute atomic E-state index is 0.265. The summed E-state index contributed by atoms with van der Waals surface area (Å²) in [6.45, 7) is 33.5. The van der Waals surface area contributed by atoms with E-state index in [1.165, 1.54) is 101 Å². The highest BCUT2D eigenvalue weighted by Gasteiger charge is 2.07. The molecule has 0 aliphatic carbocycles. The summed E-state index contributed by atoms with van der Waals surface area (Å²) in [5.74, 6) is 13.2. The van der Waals surface area contributed by atoms with E-state index in [0.29, 0.717) is 28.6 Å². The van der Waals surface area contributed by atoms with Gasteiger partial charge in [-0.05, 0) is 290 Å². The Balaban J connectivity index is 0.000000173. The fraction of sp³-hybridized carbons (Fsp3) is 0.152. The lowest BCUT2D eigenvalue weighted by molar-refractivity contribution is -0.435. The highest BCUT2D eigenvalue weighted by Crippen LogP contribution is 2.25. The van der Waals surface area contributed by atoms with Gasteiger partial charge in [0.25, 0.3) is 0 Å². The molecule has 0 atom stereocenters. The summed E-state index contributed by atoms with van der Waals surface area (Å²) < 4.78 is 10.9. The first-order valence-electron chi connectivity index (χ1n) is 45.3. The fourth-order valence-electron chi connectivity index (χ4n) is 12.2. The lowest BCUT2D eigenvalue weighted by Gasteiger charge is -2.06. The second-order valence-electron chi connectivity index (χ2n) is 33.5. The summed E-state index contributed by atoms with van der Waals surface area (Å²) in [6.07, 6.45) is 11.4. The third-order valence-corrected chi connectivity index (χ3v) is 20.8. The van der Waals surface area contributed by atoms with Crippen LogP contribution in [0, 0.1) is 140 Å². The Morgan fingerprint density at radius 3 is 0.948 bits per heavy atom. The first kappa shape index (κ1) is 103. The summed E-state index contributed by atoms with van der Waals surface area (Å²) in [5, 5.41) is 33.8. The van der Waals surface area contributed by atoms with Gasteiger partial charge in [0.1, 0.15) is 29.5 Å².